The standard InChI is InChI=1S/C24H27N3/c1-18(27-13-12-24(2,3)16-27)19-4-6-20(7-5-19)21-8-10-22(11-9-21)23-14-25-17-26-15-23/h4-11,14-15,17-18H,12-13,16H2,1-3H3. The molecule has 1 atom stereocenters. The molecular weight excluding hydrogens is 330 g/mol. The first kappa shape index (κ1) is 17.9. The van der Waals surface area contributed by atoms with E-state index in [2.05, 4.69) is 84.2 Å². The van der Waals surface area contributed by atoms with E-state index < -0.39 is 0 Å². The van der Waals surface area contributed by atoms with Crippen molar-refractivity contribution in [3.8, 4) is 22.3 Å². The van der Waals surface area contributed by atoms with Crippen LogP contribution in [0, 0.1) is 5.41 Å². The maximum atomic E-state index is 4.09. The monoisotopic (exact) mass is 357 g/mol. The quantitative estimate of drug-likeness (QED) is 0.608. The van der Waals surface area contributed by atoms with Crippen LogP contribution in [0.15, 0.2) is 67.3 Å². The predicted octanol–water partition coefficient (Wildman–Crippen LogP) is 5.60. The van der Waals surface area contributed by atoms with Crippen molar-refractivity contribution in [2.45, 2.75) is 33.2 Å². The molecule has 0 spiro atoms. The van der Waals surface area contributed by atoms with E-state index in [1.165, 1.54) is 36.2 Å². The van der Waals surface area contributed by atoms with Gasteiger partial charge in [-0.25, -0.2) is 9.97 Å². The van der Waals surface area contributed by atoms with Crippen molar-refractivity contribution in [3.05, 3.63) is 72.8 Å². The van der Waals surface area contributed by atoms with Crippen LogP contribution < -0.4 is 0 Å². The summed E-state index contributed by atoms with van der Waals surface area (Å²) in [5, 5.41) is 0. The fourth-order valence-corrected chi connectivity index (χ4v) is 3.95. The van der Waals surface area contributed by atoms with E-state index >= 15 is 0 Å². The summed E-state index contributed by atoms with van der Waals surface area (Å²) in [6, 6.07) is 18.1. The van der Waals surface area contributed by atoms with Gasteiger partial charge in [-0.2, -0.15) is 0 Å². The minimum Gasteiger partial charge on any atom is -0.296 e. The lowest BCUT2D eigenvalue weighted by Gasteiger charge is -2.26. The van der Waals surface area contributed by atoms with E-state index in [9.17, 15) is 0 Å². The minimum atomic E-state index is 0.444. The van der Waals surface area contributed by atoms with Gasteiger partial charge in [-0.3, -0.25) is 4.90 Å². The molecule has 4 rings (SSSR count). The number of benzene rings is 2. The Kier molecular flexibility index (Phi) is 4.79. The van der Waals surface area contributed by atoms with E-state index in [1.807, 2.05) is 12.4 Å². The van der Waals surface area contributed by atoms with Crippen LogP contribution in [0.3, 0.4) is 0 Å². The fourth-order valence-electron chi connectivity index (χ4n) is 3.95. The van der Waals surface area contributed by atoms with Crippen molar-refractivity contribution < 1.29 is 0 Å². The summed E-state index contributed by atoms with van der Waals surface area (Å²) in [5.41, 5.74) is 6.51. The lowest BCUT2D eigenvalue weighted by Crippen LogP contribution is -2.26. The number of likely N-dealkylation sites (tertiary alicyclic amines) is 1. The summed E-state index contributed by atoms with van der Waals surface area (Å²) in [5.74, 6) is 0. The molecular formula is C24H27N3. The van der Waals surface area contributed by atoms with Crippen LogP contribution in [-0.2, 0) is 0 Å². The molecule has 3 heteroatoms. The Morgan fingerprint density at radius 1 is 0.815 bits per heavy atom. The fraction of sp³-hybridized carbons (Fsp3) is 0.333. The molecule has 0 N–H and O–H groups in total. The molecule has 0 aliphatic carbocycles. The van der Waals surface area contributed by atoms with Crippen LogP contribution in [-0.4, -0.2) is 28.0 Å². The van der Waals surface area contributed by atoms with Crippen LogP contribution in [0.4, 0.5) is 0 Å². The Hall–Kier alpha value is -2.52. The Morgan fingerprint density at radius 3 is 1.85 bits per heavy atom. The third-order valence-corrected chi connectivity index (χ3v) is 5.76. The van der Waals surface area contributed by atoms with Gasteiger partial charge in [-0.1, -0.05) is 62.4 Å². The number of nitrogens with zero attached hydrogens (tertiary/aromatic N) is 3. The van der Waals surface area contributed by atoms with Crippen molar-refractivity contribution >= 4 is 0 Å². The molecule has 0 radical (unpaired) electrons. The first-order chi connectivity index (χ1) is 13.0. The van der Waals surface area contributed by atoms with Crippen molar-refractivity contribution in [1.29, 1.82) is 0 Å². The average molecular weight is 358 g/mol. The van der Waals surface area contributed by atoms with Crippen molar-refractivity contribution in [2.24, 2.45) is 5.41 Å². The van der Waals surface area contributed by atoms with Crippen LogP contribution >= 0.6 is 0 Å². The van der Waals surface area contributed by atoms with Gasteiger partial charge in [-0.15, -0.1) is 0 Å². The van der Waals surface area contributed by atoms with E-state index in [-0.39, 0.29) is 0 Å². The second-order valence-corrected chi connectivity index (χ2v) is 8.39. The molecule has 138 valence electrons. The highest BCUT2D eigenvalue weighted by atomic mass is 15.2. The molecule has 1 aliphatic rings. The predicted molar refractivity (Wildman–Crippen MR) is 111 cm³/mol. The summed E-state index contributed by atoms with van der Waals surface area (Å²) in [6.07, 6.45) is 6.54. The second-order valence-electron chi connectivity index (χ2n) is 8.39. The molecule has 1 fully saturated rings. The van der Waals surface area contributed by atoms with Gasteiger partial charge in [0, 0.05) is 30.5 Å². The SMILES string of the molecule is CC(c1ccc(-c2ccc(-c3cncnc3)cc2)cc1)N1CCC(C)(C)C1. The highest BCUT2D eigenvalue weighted by molar-refractivity contribution is 5.69. The molecule has 27 heavy (non-hydrogen) atoms. The van der Waals surface area contributed by atoms with E-state index in [4.69, 9.17) is 0 Å². The summed E-state index contributed by atoms with van der Waals surface area (Å²) < 4.78 is 0. The molecule has 1 saturated heterocycles. The summed E-state index contributed by atoms with van der Waals surface area (Å²) in [6.45, 7) is 9.44. The van der Waals surface area contributed by atoms with E-state index in [0.29, 0.717) is 11.5 Å². The zero-order valence-corrected chi connectivity index (χ0v) is 16.4. The molecule has 2 heterocycles. The number of hydrogen-bond acceptors (Lipinski definition) is 3. The zero-order valence-electron chi connectivity index (χ0n) is 16.4. The van der Waals surface area contributed by atoms with E-state index in [0.717, 1.165) is 11.1 Å². The maximum Gasteiger partial charge on any atom is 0.115 e. The maximum absolute atomic E-state index is 4.09. The Bertz CT molecular complexity index is 883. The van der Waals surface area contributed by atoms with Crippen molar-refractivity contribution in [3.63, 3.8) is 0 Å². The van der Waals surface area contributed by atoms with Gasteiger partial charge in [0.2, 0.25) is 0 Å². The van der Waals surface area contributed by atoms with E-state index in [1.54, 1.807) is 6.33 Å². The molecule has 1 aliphatic heterocycles. The van der Waals surface area contributed by atoms with Gasteiger partial charge in [0.15, 0.2) is 0 Å². The zero-order chi connectivity index (χ0) is 18.9. The van der Waals surface area contributed by atoms with Crippen LogP contribution in [0.1, 0.15) is 38.8 Å². The average Bonchev–Trinajstić information content (AvgIpc) is 3.08. The minimum absolute atomic E-state index is 0.444. The van der Waals surface area contributed by atoms with Gasteiger partial charge in [0.05, 0.1) is 0 Å². The first-order valence-electron chi connectivity index (χ1n) is 9.72. The number of hydrogen-bond donors (Lipinski definition) is 0. The highest BCUT2D eigenvalue weighted by Gasteiger charge is 2.32. The summed E-state index contributed by atoms with van der Waals surface area (Å²) >= 11 is 0. The Balaban J connectivity index is 1.49. The topological polar surface area (TPSA) is 29.0 Å². The number of rotatable bonds is 4. The summed E-state index contributed by atoms with van der Waals surface area (Å²) in [4.78, 5) is 10.8. The summed E-state index contributed by atoms with van der Waals surface area (Å²) in [7, 11) is 0. The number of aromatic nitrogens is 2. The molecule has 3 nitrogen and oxygen atoms in total. The normalized spacial score (nSPS) is 17.7. The van der Waals surface area contributed by atoms with Gasteiger partial charge in [0.25, 0.3) is 0 Å². The van der Waals surface area contributed by atoms with Crippen LogP contribution in [0.25, 0.3) is 22.3 Å². The van der Waals surface area contributed by atoms with Gasteiger partial charge in [0.1, 0.15) is 6.33 Å². The Morgan fingerprint density at radius 2 is 1.33 bits per heavy atom. The Labute approximate surface area is 162 Å². The van der Waals surface area contributed by atoms with Crippen molar-refractivity contribution in [2.75, 3.05) is 13.1 Å². The third kappa shape index (κ3) is 3.93. The lowest BCUT2D eigenvalue weighted by molar-refractivity contribution is 0.232. The van der Waals surface area contributed by atoms with Gasteiger partial charge in [-0.05, 0) is 47.6 Å². The molecule has 3 aromatic rings. The molecule has 0 amide bonds. The van der Waals surface area contributed by atoms with Crippen LogP contribution in [0.2, 0.25) is 0 Å². The molecule has 0 saturated carbocycles. The van der Waals surface area contributed by atoms with Crippen LogP contribution in [0.5, 0.6) is 0 Å². The molecule has 0 bridgehead atoms. The lowest BCUT2D eigenvalue weighted by atomic mass is 9.93. The second kappa shape index (κ2) is 7.24. The smallest absolute Gasteiger partial charge is 0.115 e. The molecule has 1 unspecified atom stereocenters. The largest absolute Gasteiger partial charge is 0.296 e. The van der Waals surface area contributed by atoms with Gasteiger partial charge < -0.3 is 0 Å². The molecule has 1 aromatic heterocycles. The molecule has 2 aromatic carbocycles. The van der Waals surface area contributed by atoms with Crippen molar-refractivity contribution in [1.82, 2.24) is 14.9 Å². The highest BCUT2D eigenvalue weighted by Crippen LogP contribution is 2.35. The third-order valence-electron chi connectivity index (χ3n) is 5.76. The van der Waals surface area contributed by atoms with Gasteiger partial charge >= 0.3 is 0 Å². The first-order valence-corrected chi connectivity index (χ1v) is 9.72.